The Morgan fingerprint density at radius 3 is 2.49 bits per heavy atom. The molecule has 0 fully saturated rings. The number of benzene rings is 2. The number of anilines is 1. The molecule has 0 saturated carbocycles. The zero-order valence-corrected chi connectivity index (χ0v) is 22.5. The molecular weight excluding hydrogens is 474 g/mol. The number of aromatic nitrogens is 2. The van der Waals surface area contributed by atoms with Gasteiger partial charge >= 0.3 is 0 Å². The van der Waals surface area contributed by atoms with Gasteiger partial charge in [-0.1, -0.05) is 56.3 Å². The summed E-state index contributed by atoms with van der Waals surface area (Å²) in [4.78, 5) is 33.4. The third-order valence-corrected chi connectivity index (χ3v) is 8.51. The van der Waals surface area contributed by atoms with E-state index in [9.17, 15) is 9.59 Å². The van der Waals surface area contributed by atoms with Gasteiger partial charge < -0.3 is 5.32 Å². The summed E-state index contributed by atoms with van der Waals surface area (Å²) in [5, 5.41) is 4.22. The van der Waals surface area contributed by atoms with Gasteiger partial charge in [-0.15, -0.1) is 11.3 Å². The summed E-state index contributed by atoms with van der Waals surface area (Å²) in [6, 6.07) is 13.9. The molecular formula is C28H31N3O2S2. The first-order valence-electron chi connectivity index (χ1n) is 12.0. The van der Waals surface area contributed by atoms with Crippen LogP contribution in [-0.2, 0) is 17.6 Å². The summed E-state index contributed by atoms with van der Waals surface area (Å²) in [5.41, 5.74) is 5.90. The fourth-order valence-electron chi connectivity index (χ4n) is 4.08. The second-order valence-electron chi connectivity index (χ2n) is 8.72. The lowest BCUT2D eigenvalue weighted by molar-refractivity contribution is -0.113. The van der Waals surface area contributed by atoms with Crippen LogP contribution in [0.2, 0.25) is 0 Å². The quantitative estimate of drug-likeness (QED) is 0.216. The third kappa shape index (κ3) is 5.21. The van der Waals surface area contributed by atoms with Gasteiger partial charge in [-0.25, -0.2) is 4.98 Å². The number of thioether (sulfide) groups is 1. The monoisotopic (exact) mass is 505 g/mol. The van der Waals surface area contributed by atoms with Crippen LogP contribution in [0.5, 0.6) is 0 Å². The lowest BCUT2D eigenvalue weighted by Crippen LogP contribution is -2.23. The van der Waals surface area contributed by atoms with E-state index in [1.54, 1.807) is 15.9 Å². The molecule has 0 aliphatic carbocycles. The number of fused-ring (bicyclic) bond motifs is 1. The maximum Gasteiger partial charge on any atom is 0.267 e. The van der Waals surface area contributed by atoms with Gasteiger partial charge in [-0.3, -0.25) is 14.2 Å². The maximum absolute atomic E-state index is 13.8. The van der Waals surface area contributed by atoms with E-state index in [4.69, 9.17) is 4.98 Å². The Hall–Kier alpha value is -2.90. The van der Waals surface area contributed by atoms with Crippen LogP contribution in [0.15, 0.2) is 52.4 Å². The summed E-state index contributed by atoms with van der Waals surface area (Å²) >= 11 is 2.88. The van der Waals surface area contributed by atoms with E-state index in [1.807, 2.05) is 63.2 Å². The first kappa shape index (κ1) is 25.2. The van der Waals surface area contributed by atoms with Gasteiger partial charge in [0.2, 0.25) is 5.91 Å². The molecule has 0 spiro atoms. The van der Waals surface area contributed by atoms with Crippen molar-refractivity contribution in [2.75, 3.05) is 11.1 Å². The number of rotatable bonds is 8. The van der Waals surface area contributed by atoms with E-state index in [-0.39, 0.29) is 17.2 Å². The average molecular weight is 506 g/mol. The van der Waals surface area contributed by atoms with Gasteiger partial charge in [0, 0.05) is 10.6 Å². The molecule has 35 heavy (non-hydrogen) atoms. The van der Waals surface area contributed by atoms with Crippen LogP contribution in [0.1, 0.15) is 47.4 Å². The minimum absolute atomic E-state index is 0.0761. The van der Waals surface area contributed by atoms with Crippen molar-refractivity contribution in [1.29, 1.82) is 0 Å². The molecule has 0 unspecified atom stereocenters. The Morgan fingerprint density at radius 1 is 1.06 bits per heavy atom. The molecule has 2 heterocycles. The topological polar surface area (TPSA) is 64.0 Å². The summed E-state index contributed by atoms with van der Waals surface area (Å²) in [6.45, 7) is 10.3. The second-order valence-corrected chi connectivity index (χ2v) is 10.7. The van der Waals surface area contributed by atoms with Crippen molar-refractivity contribution in [3.8, 4) is 5.69 Å². The minimum atomic E-state index is -0.125. The molecule has 1 N–H and O–H groups in total. The molecule has 4 aromatic rings. The van der Waals surface area contributed by atoms with Gasteiger partial charge in [0.1, 0.15) is 4.83 Å². The smallest absolute Gasteiger partial charge is 0.267 e. The summed E-state index contributed by atoms with van der Waals surface area (Å²) in [7, 11) is 0. The number of hydrogen-bond donors (Lipinski definition) is 1. The van der Waals surface area contributed by atoms with E-state index >= 15 is 0 Å². The van der Waals surface area contributed by atoms with Crippen LogP contribution in [0, 0.1) is 20.8 Å². The van der Waals surface area contributed by atoms with Crippen LogP contribution >= 0.6 is 23.1 Å². The minimum Gasteiger partial charge on any atom is -0.325 e. The summed E-state index contributed by atoms with van der Waals surface area (Å²) < 4.78 is 1.66. The normalized spacial score (nSPS) is 11.2. The molecule has 4 rings (SSSR count). The van der Waals surface area contributed by atoms with Gasteiger partial charge in [0.25, 0.3) is 5.56 Å². The van der Waals surface area contributed by atoms with Gasteiger partial charge in [-0.05, 0) is 74.1 Å². The van der Waals surface area contributed by atoms with Crippen LogP contribution in [-0.4, -0.2) is 21.2 Å². The third-order valence-electron chi connectivity index (χ3n) is 6.32. The first-order chi connectivity index (χ1) is 16.8. The highest BCUT2D eigenvalue weighted by Gasteiger charge is 2.20. The van der Waals surface area contributed by atoms with Gasteiger partial charge in [0.05, 0.1) is 16.8 Å². The highest BCUT2D eigenvalue weighted by atomic mass is 32.2. The molecule has 0 aliphatic rings. The Labute approximate surface area is 214 Å². The molecule has 2 aromatic heterocycles. The number of carbonyl (C=O) groups excluding carboxylic acids is 1. The standard InChI is InChI=1S/C28H31N3O2S2/c1-6-9-23-19(5)25-26(35-23)30-28(31(27(25)33)21-14-12-20(7-2)13-15-21)34-16-24(32)29-22-11-8-10-17(3)18(22)4/h8,10-15H,6-7,9,16H2,1-5H3,(H,29,32). The van der Waals surface area contributed by atoms with Gasteiger partial charge in [-0.2, -0.15) is 0 Å². The van der Waals surface area contributed by atoms with E-state index < -0.39 is 0 Å². The second kappa shape index (κ2) is 10.8. The van der Waals surface area contributed by atoms with E-state index in [0.29, 0.717) is 10.5 Å². The number of amides is 1. The lowest BCUT2D eigenvalue weighted by atomic mass is 10.1. The predicted octanol–water partition coefficient (Wildman–Crippen LogP) is 6.62. The van der Waals surface area contributed by atoms with Crippen LogP contribution in [0.25, 0.3) is 15.9 Å². The number of nitrogens with zero attached hydrogens (tertiary/aromatic N) is 2. The molecule has 7 heteroatoms. The lowest BCUT2D eigenvalue weighted by Gasteiger charge is -2.13. The molecule has 0 aliphatic heterocycles. The van der Waals surface area contributed by atoms with Crippen molar-refractivity contribution in [1.82, 2.24) is 9.55 Å². The summed E-state index contributed by atoms with van der Waals surface area (Å²) in [5.74, 6) is 0.0323. The number of carbonyl (C=O) groups is 1. The van der Waals surface area contributed by atoms with E-state index in [1.165, 1.54) is 22.2 Å². The SMILES string of the molecule is CCCc1sc2nc(SCC(=O)Nc3cccc(C)c3C)n(-c3ccc(CC)cc3)c(=O)c2c1C. The van der Waals surface area contributed by atoms with Crippen molar-refractivity contribution in [3.05, 3.63) is 79.9 Å². The molecule has 5 nitrogen and oxygen atoms in total. The first-order valence-corrected chi connectivity index (χ1v) is 13.8. The van der Waals surface area contributed by atoms with E-state index in [2.05, 4.69) is 19.2 Å². The van der Waals surface area contributed by atoms with Crippen LogP contribution in [0.3, 0.4) is 0 Å². The van der Waals surface area contributed by atoms with Crippen molar-refractivity contribution in [2.24, 2.45) is 0 Å². The molecule has 2 aromatic carbocycles. The Kier molecular flexibility index (Phi) is 7.77. The number of nitrogens with one attached hydrogen (secondary N) is 1. The molecule has 0 saturated heterocycles. The number of aryl methyl sites for hydroxylation is 4. The van der Waals surface area contributed by atoms with Crippen molar-refractivity contribution in [2.45, 2.75) is 59.0 Å². The number of hydrogen-bond acceptors (Lipinski definition) is 5. The van der Waals surface area contributed by atoms with Crippen molar-refractivity contribution >= 4 is 44.9 Å². The summed E-state index contributed by atoms with van der Waals surface area (Å²) in [6.07, 6.45) is 2.87. The highest BCUT2D eigenvalue weighted by molar-refractivity contribution is 7.99. The van der Waals surface area contributed by atoms with Crippen LogP contribution < -0.4 is 10.9 Å². The Morgan fingerprint density at radius 2 is 1.80 bits per heavy atom. The van der Waals surface area contributed by atoms with Crippen molar-refractivity contribution < 1.29 is 4.79 Å². The molecule has 0 bridgehead atoms. The largest absolute Gasteiger partial charge is 0.325 e. The maximum atomic E-state index is 13.8. The zero-order chi connectivity index (χ0) is 25.1. The fraction of sp³-hybridized carbons (Fsp3) is 0.321. The Bertz CT molecular complexity index is 1440. The number of thiophene rings is 1. The Balaban J connectivity index is 1.72. The fourth-order valence-corrected chi connectivity index (χ4v) is 6.22. The zero-order valence-electron chi connectivity index (χ0n) is 20.9. The van der Waals surface area contributed by atoms with E-state index in [0.717, 1.165) is 52.2 Å². The highest BCUT2D eigenvalue weighted by Crippen LogP contribution is 2.31. The molecule has 1 amide bonds. The van der Waals surface area contributed by atoms with Gasteiger partial charge in [0.15, 0.2) is 5.16 Å². The molecule has 182 valence electrons. The van der Waals surface area contributed by atoms with Crippen LogP contribution in [0.4, 0.5) is 5.69 Å². The predicted molar refractivity (Wildman–Crippen MR) is 149 cm³/mol. The van der Waals surface area contributed by atoms with Crippen molar-refractivity contribution in [3.63, 3.8) is 0 Å². The average Bonchev–Trinajstić information content (AvgIpc) is 3.16. The molecule has 0 atom stereocenters. The molecule has 0 radical (unpaired) electrons.